The van der Waals surface area contributed by atoms with Gasteiger partial charge in [0.1, 0.15) is 17.4 Å². The van der Waals surface area contributed by atoms with E-state index in [1.807, 2.05) is 0 Å². The number of amides is 2. The summed E-state index contributed by atoms with van der Waals surface area (Å²) in [6.07, 6.45) is -1.17. The van der Waals surface area contributed by atoms with Crippen LogP contribution >= 0.6 is 0 Å². The highest BCUT2D eigenvalue weighted by Crippen LogP contribution is 2.42. The van der Waals surface area contributed by atoms with Crippen molar-refractivity contribution in [3.63, 3.8) is 0 Å². The van der Waals surface area contributed by atoms with Crippen LogP contribution in [0.1, 0.15) is 5.56 Å². The van der Waals surface area contributed by atoms with E-state index in [0.29, 0.717) is 17.1 Å². The monoisotopic (exact) mass is 427 g/mol. The molecule has 0 aliphatic carbocycles. The van der Waals surface area contributed by atoms with E-state index in [2.05, 4.69) is 5.16 Å². The molecule has 2 aliphatic rings. The van der Waals surface area contributed by atoms with Crippen LogP contribution in [-0.2, 0) is 14.4 Å². The predicted molar refractivity (Wildman–Crippen MR) is 107 cm³/mol. The SMILES string of the molecule is COc1cc([N+](=O)[O-])ccc1N1C(=O)[C@@H]2C(c3cccc(OC)c3OC)=NO[C@@H]2C1=O. The van der Waals surface area contributed by atoms with E-state index in [9.17, 15) is 19.7 Å². The van der Waals surface area contributed by atoms with Crippen molar-refractivity contribution in [3.8, 4) is 17.2 Å². The number of hydrogen-bond donors (Lipinski definition) is 0. The average molecular weight is 427 g/mol. The fraction of sp³-hybridized carbons (Fsp3) is 0.250. The molecule has 2 aliphatic heterocycles. The Morgan fingerprint density at radius 2 is 1.77 bits per heavy atom. The lowest BCUT2D eigenvalue weighted by molar-refractivity contribution is -0.384. The normalized spacial score (nSPS) is 19.6. The summed E-state index contributed by atoms with van der Waals surface area (Å²) in [5.41, 5.74) is 0.521. The van der Waals surface area contributed by atoms with Crippen molar-refractivity contribution in [1.82, 2.24) is 0 Å². The molecule has 1 fully saturated rings. The number of hydrogen-bond acceptors (Lipinski definition) is 9. The Balaban J connectivity index is 1.75. The molecule has 2 aromatic carbocycles. The number of rotatable bonds is 6. The number of carbonyl (C=O) groups excluding carboxylic acids is 2. The molecule has 4 rings (SSSR count). The number of ether oxygens (including phenoxy) is 3. The number of para-hydroxylation sites is 1. The van der Waals surface area contributed by atoms with E-state index < -0.39 is 28.8 Å². The first-order valence-electron chi connectivity index (χ1n) is 9.08. The zero-order chi connectivity index (χ0) is 22.3. The van der Waals surface area contributed by atoms with Gasteiger partial charge in [-0.2, -0.15) is 0 Å². The lowest BCUT2D eigenvalue weighted by Crippen LogP contribution is -2.33. The first kappa shape index (κ1) is 20.1. The van der Waals surface area contributed by atoms with Gasteiger partial charge < -0.3 is 19.0 Å². The minimum atomic E-state index is -1.17. The number of methoxy groups -OCH3 is 3. The molecule has 31 heavy (non-hydrogen) atoms. The third-order valence-electron chi connectivity index (χ3n) is 5.11. The van der Waals surface area contributed by atoms with Gasteiger partial charge >= 0.3 is 0 Å². The van der Waals surface area contributed by atoms with Gasteiger partial charge in [-0.3, -0.25) is 19.7 Å². The zero-order valence-corrected chi connectivity index (χ0v) is 16.7. The Bertz CT molecular complexity index is 1130. The topological polar surface area (TPSA) is 130 Å². The quantitative estimate of drug-likeness (QED) is 0.388. The fourth-order valence-electron chi connectivity index (χ4n) is 3.69. The molecule has 0 N–H and O–H groups in total. The Labute approximate surface area is 175 Å². The number of imide groups is 1. The maximum atomic E-state index is 13.3. The molecule has 2 heterocycles. The van der Waals surface area contributed by atoms with Crippen LogP contribution in [0.3, 0.4) is 0 Å². The second-order valence-electron chi connectivity index (χ2n) is 6.65. The highest BCUT2D eigenvalue weighted by Gasteiger charge is 2.57. The molecule has 0 saturated carbocycles. The average Bonchev–Trinajstić information content (AvgIpc) is 3.32. The summed E-state index contributed by atoms with van der Waals surface area (Å²) in [6, 6.07) is 8.69. The molecule has 160 valence electrons. The molecule has 11 heteroatoms. The van der Waals surface area contributed by atoms with Crippen molar-refractivity contribution in [2.24, 2.45) is 11.1 Å². The number of anilines is 1. The summed E-state index contributed by atoms with van der Waals surface area (Å²) in [7, 11) is 4.22. The molecule has 2 atom stereocenters. The van der Waals surface area contributed by atoms with Crippen molar-refractivity contribution < 1.29 is 33.6 Å². The van der Waals surface area contributed by atoms with Crippen molar-refractivity contribution in [1.29, 1.82) is 0 Å². The van der Waals surface area contributed by atoms with Gasteiger partial charge in [0.15, 0.2) is 11.5 Å². The third kappa shape index (κ3) is 3.01. The van der Waals surface area contributed by atoms with Crippen LogP contribution in [0, 0.1) is 16.0 Å². The van der Waals surface area contributed by atoms with Crippen LogP contribution in [0.15, 0.2) is 41.6 Å². The predicted octanol–water partition coefficient (Wildman–Crippen LogP) is 1.91. The largest absolute Gasteiger partial charge is 0.494 e. The van der Waals surface area contributed by atoms with Gasteiger partial charge in [0, 0.05) is 11.6 Å². The molecule has 0 radical (unpaired) electrons. The third-order valence-corrected chi connectivity index (χ3v) is 5.11. The van der Waals surface area contributed by atoms with Crippen LogP contribution in [0.5, 0.6) is 17.2 Å². The van der Waals surface area contributed by atoms with Crippen molar-refractivity contribution >= 4 is 28.9 Å². The summed E-state index contributed by atoms with van der Waals surface area (Å²) in [5, 5.41) is 15.0. The maximum Gasteiger partial charge on any atom is 0.279 e. The smallest absolute Gasteiger partial charge is 0.279 e. The van der Waals surface area contributed by atoms with Gasteiger partial charge in [0.05, 0.1) is 38.0 Å². The van der Waals surface area contributed by atoms with Crippen molar-refractivity contribution in [2.45, 2.75) is 6.10 Å². The molecular weight excluding hydrogens is 410 g/mol. The molecule has 0 unspecified atom stereocenters. The number of nitro benzene ring substituents is 1. The first-order chi connectivity index (χ1) is 14.9. The number of nitro groups is 1. The number of benzene rings is 2. The van der Waals surface area contributed by atoms with E-state index >= 15 is 0 Å². The van der Waals surface area contributed by atoms with Gasteiger partial charge in [0.2, 0.25) is 12.0 Å². The second kappa shape index (κ2) is 7.59. The molecular formula is C20H17N3O8. The van der Waals surface area contributed by atoms with Gasteiger partial charge in [-0.15, -0.1) is 0 Å². The maximum absolute atomic E-state index is 13.3. The molecule has 0 spiro atoms. The van der Waals surface area contributed by atoms with Crippen LogP contribution in [-0.4, -0.2) is 49.9 Å². The second-order valence-corrected chi connectivity index (χ2v) is 6.65. The highest BCUT2D eigenvalue weighted by atomic mass is 16.7. The summed E-state index contributed by atoms with van der Waals surface area (Å²) in [6.45, 7) is 0. The Morgan fingerprint density at radius 1 is 1.03 bits per heavy atom. The van der Waals surface area contributed by atoms with E-state index in [1.165, 1.54) is 33.5 Å². The summed E-state index contributed by atoms with van der Waals surface area (Å²) in [4.78, 5) is 43.0. The molecule has 1 saturated heterocycles. The Kier molecular flexibility index (Phi) is 4.93. The van der Waals surface area contributed by atoms with Crippen LogP contribution < -0.4 is 19.1 Å². The van der Waals surface area contributed by atoms with Crippen molar-refractivity contribution in [3.05, 3.63) is 52.1 Å². The van der Waals surface area contributed by atoms with E-state index in [-0.39, 0.29) is 22.8 Å². The van der Waals surface area contributed by atoms with Crippen LogP contribution in [0.25, 0.3) is 0 Å². The van der Waals surface area contributed by atoms with Gasteiger partial charge in [-0.25, -0.2) is 4.90 Å². The minimum Gasteiger partial charge on any atom is -0.494 e. The molecule has 2 aromatic rings. The number of non-ortho nitro benzene ring substituents is 1. The Morgan fingerprint density at radius 3 is 2.42 bits per heavy atom. The number of oxime groups is 1. The highest BCUT2D eigenvalue weighted by molar-refractivity contribution is 6.33. The molecule has 11 nitrogen and oxygen atoms in total. The van der Waals surface area contributed by atoms with Crippen molar-refractivity contribution in [2.75, 3.05) is 26.2 Å². The molecule has 2 amide bonds. The summed E-state index contributed by atoms with van der Waals surface area (Å²) in [5.74, 6) is -1.48. The molecule has 0 bridgehead atoms. The van der Waals surface area contributed by atoms with Crippen LogP contribution in [0.4, 0.5) is 11.4 Å². The Hall–Kier alpha value is -4.15. The lowest BCUT2D eigenvalue weighted by atomic mass is 9.93. The molecule has 0 aromatic heterocycles. The fourth-order valence-corrected chi connectivity index (χ4v) is 3.69. The summed E-state index contributed by atoms with van der Waals surface area (Å²) >= 11 is 0. The lowest BCUT2D eigenvalue weighted by Gasteiger charge is -2.18. The van der Waals surface area contributed by atoms with Gasteiger partial charge in [-0.1, -0.05) is 11.2 Å². The minimum absolute atomic E-state index is 0.00771. The standard InChI is InChI=1S/C20H17N3O8/c1-28-13-6-4-5-11(17(13)30-3)16-15-18(31-21-16)20(25)22(19(15)24)12-8-7-10(23(26)27)9-14(12)29-2/h4-9,15,18H,1-3H3/t15-,18+/m1/s1. The van der Waals surface area contributed by atoms with E-state index in [1.54, 1.807) is 18.2 Å². The zero-order valence-electron chi connectivity index (χ0n) is 16.7. The summed E-state index contributed by atoms with van der Waals surface area (Å²) < 4.78 is 15.9. The van der Waals surface area contributed by atoms with E-state index in [4.69, 9.17) is 19.0 Å². The number of fused-ring (bicyclic) bond motifs is 1. The first-order valence-corrected chi connectivity index (χ1v) is 9.08. The number of carbonyl (C=O) groups is 2. The van der Waals surface area contributed by atoms with E-state index in [0.717, 1.165) is 11.0 Å². The van der Waals surface area contributed by atoms with Gasteiger partial charge in [0.25, 0.3) is 11.6 Å². The van der Waals surface area contributed by atoms with Gasteiger partial charge in [-0.05, 0) is 18.2 Å². The van der Waals surface area contributed by atoms with Crippen LogP contribution in [0.2, 0.25) is 0 Å². The number of nitrogens with zero attached hydrogens (tertiary/aromatic N) is 3.